The summed E-state index contributed by atoms with van der Waals surface area (Å²) < 4.78 is 13.3. The lowest BCUT2D eigenvalue weighted by atomic mass is 10.1. The summed E-state index contributed by atoms with van der Waals surface area (Å²) in [7, 11) is 1.70. The Kier molecular flexibility index (Phi) is 3.76. The van der Waals surface area contributed by atoms with Crippen molar-refractivity contribution in [1.29, 1.82) is 5.26 Å². The van der Waals surface area contributed by atoms with Crippen molar-refractivity contribution in [1.82, 2.24) is 9.78 Å². The van der Waals surface area contributed by atoms with Crippen LogP contribution < -0.4 is 9.47 Å². The lowest BCUT2D eigenvalue weighted by molar-refractivity contribution is 0.408. The number of hydrogen-bond acceptors (Lipinski definition) is 4. The van der Waals surface area contributed by atoms with E-state index >= 15 is 0 Å². The van der Waals surface area contributed by atoms with Gasteiger partial charge in [-0.25, -0.2) is 0 Å². The Labute approximate surface area is 130 Å². The number of methoxy groups -OCH3 is 1. The summed E-state index contributed by atoms with van der Waals surface area (Å²) in [6.07, 6.45) is 3.16. The van der Waals surface area contributed by atoms with Gasteiger partial charge >= 0.3 is 0 Å². The molecule has 114 valence electrons. The molecule has 0 fully saturated rings. The van der Waals surface area contributed by atoms with Crippen LogP contribution in [-0.4, -0.2) is 16.9 Å². The van der Waals surface area contributed by atoms with Gasteiger partial charge in [0, 0.05) is 11.1 Å². The van der Waals surface area contributed by atoms with E-state index < -0.39 is 0 Å². The molecule has 1 aliphatic rings. The number of fused-ring (bicyclic) bond motifs is 1. The normalized spacial score (nSPS) is 12.8. The van der Waals surface area contributed by atoms with Crippen molar-refractivity contribution in [2.75, 3.05) is 7.11 Å². The van der Waals surface area contributed by atoms with Crippen molar-refractivity contribution >= 4 is 0 Å². The Hall–Kier alpha value is -2.48. The van der Waals surface area contributed by atoms with Crippen LogP contribution in [0.4, 0.5) is 0 Å². The van der Waals surface area contributed by atoms with Gasteiger partial charge in [-0.3, -0.25) is 4.68 Å². The van der Waals surface area contributed by atoms with E-state index in [4.69, 9.17) is 14.7 Å². The number of rotatable bonds is 4. The van der Waals surface area contributed by atoms with Gasteiger partial charge < -0.3 is 9.47 Å². The third kappa shape index (κ3) is 2.31. The van der Waals surface area contributed by atoms with E-state index in [1.54, 1.807) is 11.8 Å². The van der Waals surface area contributed by atoms with Crippen LogP contribution in [0.1, 0.15) is 28.9 Å². The van der Waals surface area contributed by atoms with Crippen molar-refractivity contribution < 1.29 is 9.47 Å². The van der Waals surface area contributed by atoms with Crippen LogP contribution in [-0.2, 0) is 19.4 Å². The Bertz CT molecular complexity index is 756. The lowest BCUT2D eigenvalue weighted by Crippen LogP contribution is -2.00. The topological polar surface area (TPSA) is 60.1 Å². The van der Waals surface area contributed by atoms with Crippen molar-refractivity contribution in [3.05, 3.63) is 34.6 Å². The van der Waals surface area contributed by atoms with Crippen LogP contribution in [0.2, 0.25) is 0 Å². The molecule has 1 aromatic heterocycles. The SMILES string of the molecule is COc1ccc(Oc2c(C)nn(CC#N)c2C)c2c1CCC2. The van der Waals surface area contributed by atoms with E-state index in [2.05, 4.69) is 11.2 Å². The highest BCUT2D eigenvalue weighted by atomic mass is 16.5. The largest absolute Gasteiger partial charge is 0.496 e. The predicted octanol–water partition coefficient (Wildman–Crippen LogP) is 3.31. The molecular weight excluding hydrogens is 278 g/mol. The fourth-order valence-corrected chi connectivity index (χ4v) is 3.09. The summed E-state index contributed by atoms with van der Waals surface area (Å²) in [4.78, 5) is 0. The number of hydrogen-bond donors (Lipinski definition) is 0. The molecule has 1 aromatic carbocycles. The summed E-state index contributed by atoms with van der Waals surface area (Å²) in [6, 6.07) is 6.04. The minimum Gasteiger partial charge on any atom is -0.496 e. The minimum atomic E-state index is 0.233. The van der Waals surface area contributed by atoms with Gasteiger partial charge in [-0.05, 0) is 45.2 Å². The number of aromatic nitrogens is 2. The smallest absolute Gasteiger partial charge is 0.171 e. The highest BCUT2D eigenvalue weighted by Gasteiger charge is 2.22. The van der Waals surface area contributed by atoms with Gasteiger partial charge in [0.1, 0.15) is 23.7 Å². The second-order valence-electron chi connectivity index (χ2n) is 5.49. The Morgan fingerprint density at radius 1 is 1.23 bits per heavy atom. The Morgan fingerprint density at radius 2 is 1.91 bits per heavy atom. The molecule has 2 aromatic rings. The molecule has 0 radical (unpaired) electrons. The maximum atomic E-state index is 8.85. The van der Waals surface area contributed by atoms with Crippen LogP contribution in [0.5, 0.6) is 17.2 Å². The van der Waals surface area contributed by atoms with Crippen LogP contribution in [0.15, 0.2) is 12.1 Å². The van der Waals surface area contributed by atoms with E-state index in [1.807, 2.05) is 26.0 Å². The first kappa shape index (κ1) is 14.5. The van der Waals surface area contributed by atoms with Crippen molar-refractivity contribution in [2.24, 2.45) is 0 Å². The fourth-order valence-electron chi connectivity index (χ4n) is 3.09. The maximum absolute atomic E-state index is 8.85. The number of nitriles is 1. The van der Waals surface area contributed by atoms with Gasteiger partial charge in [-0.2, -0.15) is 10.4 Å². The highest BCUT2D eigenvalue weighted by Crippen LogP contribution is 2.40. The molecule has 3 rings (SSSR count). The number of nitrogens with zero attached hydrogens (tertiary/aromatic N) is 3. The first-order valence-corrected chi connectivity index (χ1v) is 7.43. The Balaban J connectivity index is 1.98. The second-order valence-corrected chi connectivity index (χ2v) is 5.49. The molecule has 0 bridgehead atoms. The summed E-state index contributed by atoms with van der Waals surface area (Å²) >= 11 is 0. The van der Waals surface area contributed by atoms with Crippen LogP contribution in [0, 0.1) is 25.2 Å². The van der Waals surface area contributed by atoms with Gasteiger partial charge in [0.25, 0.3) is 0 Å². The zero-order valence-electron chi connectivity index (χ0n) is 13.1. The summed E-state index contributed by atoms with van der Waals surface area (Å²) in [5.41, 5.74) is 4.16. The third-order valence-corrected chi connectivity index (χ3v) is 4.17. The monoisotopic (exact) mass is 297 g/mol. The van der Waals surface area contributed by atoms with Gasteiger partial charge in [0.15, 0.2) is 5.75 Å². The molecule has 5 heteroatoms. The molecule has 0 atom stereocenters. The maximum Gasteiger partial charge on any atom is 0.171 e. The zero-order chi connectivity index (χ0) is 15.7. The third-order valence-electron chi connectivity index (χ3n) is 4.17. The molecule has 0 amide bonds. The summed E-state index contributed by atoms with van der Waals surface area (Å²) in [6.45, 7) is 4.06. The minimum absolute atomic E-state index is 0.233. The zero-order valence-corrected chi connectivity index (χ0v) is 13.1. The molecule has 1 aliphatic carbocycles. The quantitative estimate of drug-likeness (QED) is 0.868. The van der Waals surface area contributed by atoms with Gasteiger partial charge in [-0.15, -0.1) is 0 Å². The molecule has 22 heavy (non-hydrogen) atoms. The second kappa shape index (κ2) is 5.72. The fraction of sp³-hybridized carbons (Fsp3) is 0.412. The van der Waals surface area contributed by atoms with E-state index in [9.17, 15) is 0 Å². The number of aryl methyl sites for hydroxylation is 1. The summed E-state index contributed by atoms with van der Waals surface area (Å²) in [5.74, 6) is 2.55. The first-order valence-electron chi connectivity index (χ1n) is 7.43. The summed E-state index contributed by atoms with van der Waals surface area (Å²) in [5, 5.41) is 13.2. The van der Waals surface area contributed by atoms with Crippen LogP contribution in [0.25, 0.3) is 0 Å². The van der Waals surface area contributed by atoms with Crippen LogP contribution in [0.3, 0.4) is 0 Å². The first-order chi connectivity index (χ1) is 10.7. The van der Waals surface area contributed by atoms with Crippen molar-refractivity contribution in [3.63, 3.8) is 0 Å². The van der Waals surface area contributed by atoms with Gasteiger partial charge in [0.2, 0.25) is 0 Å². The van der Waals surface area contributed by atoms with Gasteiger partial charge in [0.05, 0.1) is 18.9 Å². The van der Waals surface area contributed by atoms with Crippen molar-refractivity contribution in [3.8, 4) is 23.3 Å². The predicted molar refractivity (Wildman–Crippen MR) is 82.4 cm³/mol. The molecule has 0 N–H and O–H groups in total. The Morgan fingerprint density at radius 3 is 2.59 bits per heavy atom. The van der Waals surface area contributed by atoms with E-state index in [1.165, 1.54) is 11.1 Å². The average Bonchev–Trinajstić information content (AvgIpc) is 3.09. The molecule has 0 saturated heterocycles. The highest BCUT2D eigenvalue weighted by molar-refractivity contribution is 5.53. The molecular formula is C17H19N3O2. The standard InChI is InChI=1S/C17H19N3O2/c1-11-17(12(2)20(19-11)10-9-18)22-16-8-7-15(21-3)13-5-4-6-14(13)16/h7-8H,4-6,10H2,1-3H3. The van der Waals surface area contributed by atoms with Gasteiger partial charge in [-0.1, -0.05) is 0 Å². The van der Waals surface area contributed by atoms with E-state index in [-0.39, 0.29) is 6.54 Å². The van der Waals surface area contributed by atoms with Crippen LogP contribution >= 0.6 is 0 Å². The number of ether oxygens (including phenoxy) is 2. The molecule has 0 spiro atoms. The molecule has 0 aliphatic heterocycles. The molecule has 5 nitrogen and oxygen atoms in total. The van der Waals surface area contributed by atoms with E-state index in [0.717, 1.165) is 47.9 Å². The average molecular weight is 297 g/mol. The molecule has 1 heterocycles. The van der Waals surface area contributed by atoms with E-state index in [0.29, 0.717) is 0 Å². The lowest BCUT2D eigenvalue weighted by Gasteiger charge is -2.13. The number of benzene rings is 1. The molecule has 0 unspecified atom stereocenters. The molecule has 0 saturated carbocycles. The van der Waals surface area contributed by atoms with Crippen molar-refractivity contribution in [2.45, 2.75) is 39.7 Å².